The molecular formula is C20H22ClIN2O4. The molecule has 2 aromatic carbocycles. The molecule has 28 heavy (non-hydrogen) atoms. The number of para-hydroxylation sites is 1. The molecule has 2 aromatic rings. The van der Waals surface area contributed by atoms with Gasteiger partial charge in [-0.05, 0) is 65.8 Å². The Morgan fingerprint density at radius 3 is 2.75 bits per heavy atom. The van der Waals surface area contributed by atoms with Crippen molar-refractivity contribution in [1.82, 2.24) is 5.43 Å². The molecule has 0 aromatic heterocycles. The summed E-state index contributed by atoms with van der Waals surface area (Å²) in [5, 5.41) is 4.35. The van der Waals surface area contributed by atoms with E-state index >= 15 is 0 Å². The Bertz CT molecular complexity index is 845. The van der Waals surface area contributed by atoms with Crippen LogP contribution in [-0.2, 0) is 4.79 Å². The molecule has 0 saturated carbocycles. The van der Waals surface area contributed by atoms with Crippen LogP contribution in [0.5, 0.6) is 17.2 Å². The fraction of sp³-hybridized carbons (Fsp3) is 0.300. The summed E-state index contributed by atoms with van der Waals surface area (Å²) in [5.74, 6) is 1.27. The van der Waals surface area contributed by atoms with Crippen molar-refractivity contribution in [3.63, 3.8) is 0 Å². The minimum Gasteiger partial charge on any atom is -0.493 e. The predicted molar refractivity (Wildman–Crippen MR) is 119 cm³/mol. The van der Waals surface area contributed by atoms with Crippen LogP contribution < -0.4 is 19.6 Å². The summed E-state index contributed by atoms with van der Waals surface area (Å²) in [6, 6.07) is 10.9. The Morgan fingerprint density at radius 2 is 2.07 bits per heavy atom. The highest BCUT2D eigenvalue weighted by Gasteiger charge is 2.14. The van der Waals surface area contributed by atoms with Crippen LogP contribution in [0.3, 0.4) is 0 Å². The number of carbonyl (C=O) groups is 1. The highest BCUT2D eigenvalue weighted by Crippen LogP contribution is 2.37. The van der Waals surface area contributed by atoms with Crippen molar-refractivity contribution >= 4 is 46.3 Å². The highest BCUT2D eigenvalue weighted by molar-refractivity contribution is 14.1. The van der Waals surface area contributed by atoms with Gasteiger partial charge in [0.25, 0.3) is 5.91 Å². The molecule has 1 atom stereocenters. The van der Waals surface area contributed by atoms with E-state index in [0.29, 0.717) is 27.8 Å². The van der Waals surface area contributed by atoms with Crippen LogP contribution in [-0.4, -0.2) is 31.9 Å². The molecule has 0 aliphatic rings. The topological polar surface area (TPSA) is 69.2 Å². The van der Waals surface area contributed by atoms with E-state index < -0.39 is 0 Å². The zero-order chi connectivity index (χ0) is 20.5. The molecule has 6 nitrogen and oxygen atoms in total. The van der Waals surface area contributed by atoms with E-state index in [2.05, 4.69) is 33.1 Å². The SMILES string of the molecule is CC[C@@H](C)Oc1c(Cl)cc(/C=N/NC(=O)COc2ccccc2I)cc1OC. The number of rotatable bonds is 9. The molecule has 0 aliphatic carbocycles. The molecule has 0 saturated heterocycles. The molecule has 1 N–H and O–H groups in total. The van der Waals surface area contributed by atoms with Crippen LogP contribution in [0.1, 0.15) is 25.8 Å². The number of carbonyl (C=O) groups excluding carboxylic acids is 1. The second-order valence-corrected chi connectivity index (χ2v) is 7.45. The van der Waals surface area contributed by atoms with E-state index in [1.165, 1.54) is 6.21 Å². The quantitative estimate of drug-likeness (QED) is 0.299. The van der Waals surface area contributed by atoms with Crippen molar-refractivity contribution in [3.8, 4) is 17.2 Å². The van der Waals surface area contributed by atoms with E-state index in [1.54, 1.807) is 25.3 Å². The third kappa shape index (κ3) is 6.56. The molecule has 8 heteroatoms. The Morgan fingerprint density at radius 1 is 1.32 bits per heavy atom. The Hall–Kier alpha value is -2.00. The van der Waals surface area contributed by atoms with Gasteiger partial charge in [-0.25, -0.2) is 5.43 Å². The molecule has 2 rings (SSSR count). The average molecular weight is 517 g/mol. The van der Waals surface area contributed by atoms with Gasteiger partial charge < -0.3 is 14.2 Å². The number of halogens is 2. The summed E-state index contributed by atoms with van der Waals surface area (Å²) in [6.07, 6.45) is 2.34. The van der Waals surface area contributed by atoms with Crippen LogP contribution in [0.15, 0.2) is 41.5 Å². The zero-order valence-corrected chi connectivity index (χ0v) is 18.8. The number of hydrogen-bond donors (Lipinski definition) is 1. The molecule has 0 radical (unpaired) electrons. The molecule has 0 spiro atoms. The van der Waals surface area contributed by atoms with Gasteiger partial charge in [-0.3, -0.25) is 4.79 Å². The van der Waals surface area contributed by atoms with Gasteiger partial charge in [0.2, 0.25) is 0 Å². The lowest BCUT2D eigenvalue weighted by Gasteiger charge is -2.17. The maximum absolute atomic E-state index is 11.9. The smallest absolute Gasteiger partial charge is 0.277 e. The standard InChI is InChI=1S/C20H22ClIN2O4/c1-4-13(2)28-20-15(21)9-14(10-18(20)26-3)11-23-24-19(25)12-27-17-8-6-5-7-16(17)22/h5-11,13H,4,12H2,1-3H3,(H,24,25)/b23-11+/t13-/m1/s1. The van der Waals surface area contributed by atoms with E-state index in [9.17, 15) is 4.79 Å². The number of benzene rings is 2. The largest absolute Gasteiger partial charge is 0.493 e. The van der Waals surface area contributed by atoms with Gasteiger partial charge in [0.05, 0.1) is 28.0 Å². The van der Waals surface area contributed by atoms with Crippen molar-refractivity contribution < 1.29 is 19.0 Å². The number of amides is 1. The molecule has 0 fully saturated rings. The molecular weight excluding hydrogens is 495 g/mol. The van der Waals surface area contributed by atoms with Crippen LogP contribution in [0.4, 0.5) is 0 Å². The van der Waals surface area contributed by atoms with Gasteiger partial charge in [0, 0.05) is 0 Å². The third-order valence-corrected chi connectivity index (χ3v) is 4.92. The van der Waals surface area contributed by atoms with Crippen molar-refractivity contribution in [1.29, 1.82) is 0 Å². The number of nitrogens with one attached hydrogen (secondary N) is 1. The Kier molecular flexibility index (Phi) is 8.85. The number of methoxy groups -OCH3 is 1. The van der Waals surface area contributed by atoms with Crippen LogP contribution in [0, 0.1) is 3.57 Å². The summed E-state index contributed by atoms with van der Waals surface area (Å²) in [7, 11) is 1.54. The van der Waals surface area contributed by atoms with Crippen LogP contribution in [0.25, 0.3) is 0 Å². The fourth-order valence-electron chi connectivity index (χ4n) is 2.13. The lowest BCUT2D eigenvalue weighted by atomic mass is 10.2. The minimum atomic E-state index is -0.370. The van der Waals surface area contributed by atoms with Gasteiger partial charge in [0.15, 0.2) is 18.1 Å². The number of nitrogens with zero attached hydrogens (tertiary/aromatic N) is 1. The molecule has 0 unspecified atom stereocenters. The molecule has 1 amide bonds. The summed E-state index contributed by atoms with van der Waals surface area (Å²) >= 11 is 8.46. The summed E-state index contributed by atoms with van der Waals surface area (Å²) in [5.41, 5.74) is 3.09. The van der Waals surface area contributed by atoms with Crippen molar-refractivity contribution in [2.45, 2.75) is 26.4 Å². The fourth-order valence-corrected chi connectivity index (χ4v) is 2.94. The first-order valence-corrected chi connectivity index (χ1v) is 10.1. The normalized spacial score (nSPS) is 11.9. The summed E-state index contributed by atoms with van der Waals surface area (Å²) in [6.45, 7) is 3.85. The Labute approximate surface area is 183 Å². The molecule has 150 valence electrons. The first-order valence-electron chi connectivity index (χ1n) is 8.68. The average Bonchev–Trinajstić information content (AvgIpc) is 2.68. The highest BCUT2D eigenvalue weighted by atomic mass is 127. The second kappa shape index (κ2) is 11.1. The monoisotopic (exact) mass is 516 g/mol. The van der Waals surface area contributed by atoms with Crippen molar-refractivity contribution in [3.05, 3.63) is 50.6 Å². The third-order valence-electron chi connectivity index (χ3n) is 3.74. The molecule has 0 heterocycles. The summed E-state index contributed by atoms with van der Waals surface area (Å²) < 4.78 is 17.6. The summed E-state index contributed by atoms with van der Waals surface area (Å²) in [4.78, 5) is 11.9. The van der Waals surface area contributed by atoms with Crippen molar-refractivity contribution in [2.24, 2.45) is 5.10 Å². The lowest BCUT2D eigenvalue weighted by molar-refractivity contribution is -0.123. The van der Waals surface area contributed by atoms with E-state index in [4.69, 9.17) is 25.8 Å². The van der Waals surface area contributed by atoms with Crippen LogP contribution >= 0.6 is 34.2 Å². The van der Waals surface area contributed by atoms with E-state index in [1.807, 2.05) is 32.0 Å². The zero-order valence-electron chi connectivity index (χ0n) is 15.9. The van der Waals surface area contributed by atoms with Gasteiger partial charge >= 0.3 is 0 Å². The molecule has 0 aliphatic heterocycles. The van der Waals surface area contributed by atoms with E-state index in [-0.39, 0.29) is 18.6 Å². The number of hydrazone groups is 1. The minimum absolute atomic E-state index is 0.0119. The van der Waals surface area contributed by atoms with Gasteiger partial charge in [-0.2, -0.15) is 5.10 Å². The second-order valence-electron chi connectivity index (χ2n) is 5.88. The number of ether oxygens (including phenoxy) is 3. The maximum atomic E-state index is 11.9. The Balaban J connectivity index is 1.97. The van der Waals surface area contributed by atoms with Gasteiger partial charge in [-0.15, -0.1) is 0 Å². The lowest BCUT2D eigenvalue weighted by Crippen LogP contribution is -2.24. The maximum Gasteiger partial charge on any atom is 0.277 e. The van der Waals surface area contributed by atoms with E-state index in [0.717, 1.165) is 9.99 Å². The number of hydrogen-bond acceptors (Lipinski definition) is 5. The molecule has 0 bridgehead atoms. The first-order chi connectivity index (χ1) is 13.4. The predicted octanol–water partition coefficient (Wildman–Crippen LogP) is 4.66. The van der Waals surface area contributed by atoms with Gasteiger partial charge in [0.1, 0.15) is 5.75 Å². The first kappa shape index (κ1) is 22.3. The van der Waals surface area contributed by atoms with Crippen molar-refractivity contribution in [2.75, 3.05) is 13.7 Å². The van der Waals surface area contributed by atoms with Gasteiger partial charge in [-0.1, -0.05) is 30.7 Å². The van der Waals surface area contributed by atoms with Crippen LogP contribution in [0.2, 0.25) is 5.02 Å².